The second-order valence-corrected chi connectivity index (χ2v) is 6.48. The number of carbonyl (C=O) groups excluding carboxylic acids is 1. The fourth-order valence-corrected chi connectivity index (χ4v) is 2.90. The Kier molecular flexibility index (Phi) is 8.01. The van der Waals surface area contributed by atoms with Crippen LogP contribution in [0.15, 0.2) is 23.1 Å². The van der Waals surface area contributed by atoms with Crippen LogP contribution in [0.3, 0.4) is 0 Å². The molecule has 8 heteroatoms. The summed E-state index contributed by atoms with van der Waals surface area (Å²) in [4.78, 5) is 11.6. The molecule has 0 aromatic heterocycles. The molecule has 0 saturated heterocycles. The lowest BCUT2D eigenvalue weighted by Crippen LogP contribution is -2.25. The van der Waals surface area contributed by atoms with Crippen molar-refractivity contribution in [3.8, 4) is 5.75 Å². The quantitative estimate of drug-likeness (QED) is 0.631. The van der Waals surface area contributed by atoms with E-state index in [-0.39, 0.29) is 23.8 Å². The fourth-order valence-electron chi connectivity index (χ4n) is 1.80. The number of hydrogen-bond acceptors (Lipinski definition) is 5. The Morgan fingerprint density at radius 2 is 2.00 bits per heavy atom. The van der Waals surface area contributed by atoms with Gasteiger partial charge >= 0.3 is 0 Å². The van der Waals surface area contributed by atoms with Gasteiger partial charge in [-0.3, -0.25) is 4.79 Å². The van der Waals surface area contributed by atoms with Crippen LogP contribution < -0.4 is 14.8 Å². The molecule has 0 aliphatic heterocycles. The standard InChI is InChI=1S/C15H24N2O5S/c1-4-15(18)17-13-11-12(7-8-14(13)21-3)23(19,20)16-9-6-10-22-5-2/h7-8,11,16H,4-6,9-10H2,1-3H3,(H,17,18). The molecule has 0 heterocycles. The number of ether oxygens (including phenoxy) is 2. The van der Waals surface area contributed by atoms with Crippen LogP contribution in [-0.2, 0) is 19.6 Å². The van der Waals surface area contributed by atoms with E-state index >= 15 is 0 Å². The van der Waals surface area contributed by atoms with Crippen molar-refractivity contribution in [2.45, 2.75) is 31.6 Å². The molecular formula is C15H24N2O5S. The summed E-state index contributed by atoms with van der Waals surface area (Å²) in [5.74, 6) is 0.185. The van der Waals surface area contributed by atoms with Crippen LogP contribution in [0.5, 0.6) is 5.75 Å². The van der Waals surface area contributed by atoms with Gasteiger partial charge < -0.3 is 14.8 Å². The summed E-state index contributed by atoms with van der Waals surface area (Å²) in [6.45, 7) is 4.98. The third-order valence-corrected chi connectivity index (χ3v) is 4.50. The van der Waals surface area contributed by atoms with Gasteiger partial charge in [-0.1, -0.05) is 6.92 Å². The van der Waals surface area contributed by atoms with Gasteiger partial charge in [0.05, 0.1) is 17.7 Å². The van der Waals surface area contributed by atoms with Crippen molar-refractivity contribution in [1.29, 1.82) is 0 Å². The minimum Gasteiger partial charge on any atom is -0.495 e. The number of anilines is 1. The second-order valence-electron chi connectivity index (χ2n) is 4.71. The zero-order valence-electron chi connectivity index (χ0n) is 13.7. The van der Waals surface area contributed by atoms with Crippen LogP contribution in [0, 0.1) is 0 Å². The molecule has 7 nitrogen and oxygen atoms in total. The van der Waals surface area contributed by atoms with Crippen LogP contribution in [0.25, 0.3) is 0 Å². The first-order valence-corrected chi connectivity index (χ1v) is 8.98. The average molecular weight is 344 g/mol. The van der Waals surface area contributed by atoms with Crippen LogP contribution in [0.2, 0.25) is 0 Å². The minimum absolute atomic E-state index is 0.0705. The number of amides is 1. The van der Waals surface area contributed by atoms with E-state index in [1.54, 1.807) is 6.92 Å². The second kappa shape index (κ2) is 9.49. The molecule has 1 rings (SSSR count). The highest BCUT2D eigenvalue weighted by Gasteiger charge is 2.16. The lowest BCUT2D eigenvalue weighted by Gasteiger charge is -2.12. The molecule has 0 unspecified atom stereocenters. The van der Waals surface area contributed by atoms with Crippen molar-refractivity contribution >= 4 is 21.6 Å². The normalized spacial score (nSPS) is 11.3. The van der Waals surface area contributed by atoms with E-state index in [4.69, 9.17) is 9.47 Å². The Labute approximate surface area is 137 Å². The van der Waals surface area contributed by atoms with Gasteiger partial charge in [-0.15, -0.1) is 0 Å². The summed E-state index contributed by atoms with van der Waals surface area (Å²) in [6, 6.07) is 4.34. The topological polar surface area (TPSA) is 93.7 Å². The first-order valence-electron chi connectivity index (χ1n) is 7.49. The maximum absolute atomic E-state index is 12.3. The number of benzene rings is 1. The summed E-state index contributed by atoms with van der Waals surface area (Å²) in [5, 5.41) is 2.63. The summed E-state index contributed by atoms with van der Waals surface area (Å²) >= 11 is 0. The molecule has 0 spiro atoms. The molecule has 23 heavy (non-hydrogen) atoms. The molecular weight excluding hydrogens is 320 g/mol. The van der Waals surface area contributed by atoms with Crippen molar-refractivity contribution in [2.24, 2.45) is 0 Å². The Morgan fingerprint density at radius 3 is 2.61 bits per heavy atom. The van der Waals surface area contributed by atoms with Crippen molar-refractivity contribution in [2.75, 3.05) is 32.2 Å². The Bertz CT molecular complexity index is 616. The number of sulfonamides is 1. The van der Waals surface area contributed by atoms with Crippen LogP contribution in [0.4, 0.5) is 5.69 Å². The Balaban J connectivity index is 2.85. The number of methoxy groups -OCH3 is 1. The zero-order chi connectivity index (χ0) is 17.3. The van der Waals surface area contributed by atoms with Gasteiger partial charge in [0, 0.05) is 26.2 Å². The largest absolute Gasteiger partial charge is 0.495 e. The van der Waals surface area contributed by atoms with Gasteiger partial charge in [0.1, 0.15) is 5.75 Å². The molecule has 0 aliphatic carbocycles. The monoisotopic (exact) mass is 344 g/mol. The van der Waals surface area contributed by atoms with Crippen molar-refractivity contribution in [1.82, 2.24) is 4.72 Å². The van der Waals surface area contributed by atoms with E-state index in [0.29, 0.717) is 31.1 Å². The van der Waals surface area contributed by atoms with Gasteiger partial charge in [-0.25, -0.2) is 13.1 Å². The number of hydrogen-bond donors (Lipinski definition) is 2. The summed E-state index contributed by atoms with van der Waals surface area (Å²) in [6.07, 6.45) is 0.873. The zero-order valence-corrected chi connectivity index (χ0v) is 14.5. The number of rotatable bonds is 10. The van der Waals surface area contributed by atoms with Crippen molar-refractivity contribution < 1.29 is 22.7 Å². The predicted octanol–water partition coefficient (Wildman–Crippen LogP) is 1.75. The minimum atomic E-state index is -3.65. The molecule has 0 fully saturated rings. The molecule has 2 N–H and O–H groups in total. The molecule has 0 radical (unpaired) electrons. The van der Waals surface area contributed by atoms with E-state index in [9.17, 15) is 13.2 Å². The van der Waals surface area contributed by atoms with Gasteiger partial charge in [0.25, 0.3) is 0 Å². The van der Waals surface area contributed by atoms with Crippen molar-refractivity contribution in [3.63, 3.8) is 0 Å². The van der Waals surface area contributed by atoms with E-state index in [2.05, 4.69) is 10.0 Å². The summed E-state index contributed by atoms with van der Waals surface area (Å²) in [7, 11) is -2.19. The average Bonchev–Trinajstić information content (AvgIpc) is 2.54. The summed E-state index contributed by atoms with van der Waals surface area (Å²) in [5.41, 5.74) is 0.330. The first-order chi connectivity index (χ1) is 10.9. The van der Waals surface area contributed by atoms with Gasteiger partial charge in [-0.2, -0.15) is 0 Å². The highest BCUT2D eigenvalue weighted by atomic mass is 32.2. The van der Waals surface area contributed by atoms with E-state index < -0.39 is 10.0 Å². The number of carbonyl (C=O) groups is 1. The smallest absolute Gasteiger partial charge is 0.240 e. The highest BCUT2D eigenvalue weighted by molar-refractivity contribution is 7.89. The maximum Gasteiger partial charge on any atom is 0.240 e. The maximum atomic E-state index is 12.3. The molecule has 130 valence electrons. The van der Waals surface area contributed by atoms with Gasteiger partial charge in [0.15, 0.2) is 0 Å². The SMILES string of the molecule is CCOCCCNS(=O)(=O)c1ccc(OC)c(NC(=O)CC)c1. The third kappa shape index (κ3) is 6.17. The fraction of sp³-hybridized carbons (Fsp3) is 0.533. The van der Waals surface area contributed by atoms with Crippen LogP contribution >= 0.6 is 0 Å². The molecule has 1 aromatic carbocycles. The molecule has 1 aromatic rings. The first kappa shape index (κ1) is 19.4. The molecule has 0 aliphatic rings. The third-order valence-electron chi connectivity index (χ3n) is 3.04. The number of nitrogens with one attached hydrogen (secondary N) is 2. The van der Waals surface area contributed by atoms with Gasteiger partial charge in [-0.05, 0) is 31.5 Å². The van der Waals surface area contributed by atoms with Crippen LogP contribution in [0.1, 0.15) is 26.7 Å². The van der Waals surface area contributed by atoms with Gasteiger partial charge in [0.2, 0.25) is 15.9 Å². The molecule has 0 atom stereocenters. The van der Waals surface area contributed by atoms with E-state index in [0.717, 1.165) is 0 Å². The van der Waals surface area contributed by atoms with Crippen LogP contribution in [-0.4, -0.2) is 41.2 Å². The Morgan fingerprint density at radius 1 is 1.26 bits per heavy atom. The van der Waals surface area contributed by atoms with E-state index in [1.807, 2.05) is 6.92 Å². The highest BCUT2D eigenvalue weighted by Crippen LogP contribution is 2.27. The predicted molar refractivity (Wildman–Crippen MR) is 88.2 cm³/mol. The summed E-state index contributed by atoms with van der Waals surface area (Å²) < 4.78 is 37.3. The van der Waals surface area contributed by atoms with Crippen molar-refractivity contribution in [3.05, 3.63) is 18.2 Å². The molecule has 1 amide bonds. The van der Waals surface area contributed by atoms with E-state index in [1.165, 1.54) is 25.3 Å². The molecule has 0 bridgehead atoms. The Hall–Kier alpha value is -1.64. The lowest BCUT2D eigenvalue weighted by molar-refractivity contribution is -0.115. The lowest BCUT2D eigenvalue weighted by atomic mass is 10.3. The molecule has 0 saturated carbocycles.